The highest BCUT2D eigenvalue weighted by Gasteiger charge is 2.67. The van der Waals surface area contributed by atoms with Crippen molar-refractivity contribution in [3.63, 3.8) is 0 Å². The van der Waals surface area contributed by atoms with Gasteiger partial charge >= 0.3 is 0 Å². The third-order valence-corrected chi connectivity index (χ3v) is 10.1. The number of nitrogens with one attached hydrogen (secondary N) is 1. The number of rotatable bonds is 5. The number of fused-ring (bicyclic) bond motifs is 3. The lowest BCUT2D eigenvalue weighted by Crippen LogP contribution is -2.67. The van der Waals surface area contributed by atoms with Gasteiger partial charge in [-0.2, -0.15) is 0 Å². The van der Waals surface area contributed by atoms with Crippen LogP contribution in [0.5, 0.6) is 0 Å². The molecule has 0 spiro atoms. The zero-order chi connectivity index (χ0) is 28.4. The molecule has 0 radical (unpaired) electrons. The summed E-state index contributed by atoms with van der Waals surface area (Å²) in [6.07, 6.45) is 3.48. The van der Waals surface area contributed by atoms with Crippen molar-refractivity contribution in [2.75, 3.05) is 41.0 Å². The second-order valence-electron chi connectivity index (χ2n) is 12.3. The number of aliphatic hydroxyl groups is 4. The molecular weight excluding hydrogens is 506 g/mol. The van der Waals surface area contributed by atoms with Gasteiger partial charge in [0.05, 0.1) is 30.3 Å². The number of amides is 1. The van der Waals surface area contributed by atoms with Crippen LogP contribution in [0.25, 0.3) is 0 Å². The molecule has 0 aromatic rings. The molecule has 8 atom stereocenters. The van der Waals surface area contributed by atoms with Crippen LogP contribution in [-0.4, -0.2) is 112 Å². The zero-order valence-corrected chi connectivity index (χ0v) is 23.1. The molecule has 0 aromatic carbocycles. The minimum atomic E-state index is -2.55. The second kappa shape index (κ2) is 9.95. The van der Waals surface area contributed by atoms with E-state index in [1.807, 2.05) is 4.90 Å². The fourth-order valence-corrected chi connectivity index (χ4v) is 8.08. The van der Waals surface area contributed by atoms with Crippen LogP contribution in [0.3, 0.4) is 0 Å². The number of hydrogen-bond donors (Lipinski definition) is 5. The Morgan fingerprint density at radius 2 is 1.72 bits per heavy atom. The number of carbonyl (C=O) groups excluding carboxylic acids is 3. The van der Waals surface area contributed by atoms with Crippen LogP contribution in [0.4, 0.5) is 0 Å². The monoisotopic (exact) mass is 547 g/mol. The van der Waals surface area contributed by atoms with Gasteiger partial charge in [0, 0.05) is 30.4 Å². The number of carbonyl (C=O) groups is 3. The normalized spacial score (nSPS) is 41.0. The number of ketones is 2. The third-order valence-electron chi connectivity index (χ3n) is 10.1. The fraction of sp³-hybridized carbons (Fsp3) is 0.750. The van der Waals surface area contributed by atoms with E-state index in [-0.39, 0.29) is 18.7 Å². The summed E-state index contributed by atoms with van der Waals surface area (Å²) >= 11 is 0. The Kier molecular flexibility index (Phi) is 7.20. The molecular formula is C28H41N3O8. The van der Waals surface area contributed by atoms with E-state index in [2.05, 4.69) is 5.32 Å². The first kappa shape index (κ1) is 28.2. The lowest BCUT2D eigenvalue weighted by atomic mass is 9.50. The predicted molar refractivity (Wildman–Crippen MR) is 139 cm³/mol. The molecule has 216 valence electrons. The van der Waals surface area contributed by atoms with Gasteiger partial charge in [0.15, 0.2) is 17.2 Å². The highest BCUT2D eigenvalue weighted by Crippen LogP contribution is 2.58. The molecule has 2 saturated carbocycles. The number of hydrogen-bond acceptors (Lipinski definition) is 10. The maximum atomic E-state index is 13.9. The Bertz CT molecular complexity index is 1120. The van der Waals surface area contributed by atoms with Crippen LogP contribution in [0.1, 0.15) is 45.4 Å². The summed E-state index contributed by atoms with van der Waals surface area (Å²) in [4.78, 5) is 44.5. The van der Waals surface area contributed by atoms with Gasteiger partial charge in [-0.15, -0.1) is 0 Å². The Labute approximate surface area is 228 Å². The minimum Gasteiger partial charge on any atom is -0.508 e. The molecule has 0 bridgehead atoms. The van der Waals surface area contributed by atoms with E-state index in [1.165, 1.54) is 7.11 Å². The maximum absolute atomic E-state index is 13.9. The Morgan fingerprint density at radius 1 is 1.05 bits per heavy atom. The smallest absolute Gasteiger partial charge is 0.259 e. The molecule has 4 aliphatic carbocycles. The first-order valence-electron chi connectivity index (χ1n) is 14.0. The molecule has 5 N–H and O–H groups in total. The molecule has 1 saturated heterocycles. The summed E-state index contributed by atoms with van der Waals surface area (Å²) in [6, 6.07) is -1.09. The average Bonchev–Trinajstić information content (AvgIpc) is 3.41. The molecule has 1 amide bonds. The summed E-state index contributed by atoms with van der Waals surface area (Å²) in [7, 11) is 4.74. The van der Waals surface area contributed by atoms with Gasteiger partial charge in [-0.25, -0.2) is 0 Å². The lowest BCUT2D eigenvalue weighted by molar-refractivity contribution is -0.171. The van der Waals surface area contributed by atoms with Gasteiger partial charge < -0.3 is 30.5 Å². The number of methoxy groups -OCH3 is 1. The number of ether oxygens (including phenoxy) is 1. The number of likely N-dealkylation sites (tertiary alicyclic amines) is 1. The first-order valence-corrected chi connectivity index (χ1v) is 14.0. The van der Waals surface area contributed by atoms with Crippen molar-refractivity contribution in [1.29, 1.82) is 0 Å². The van der Waals surface area contributed by atoms with Crippen LogP contribution >= 0.6 is 0 Å². The number of nitrogens with zero attached hydrogens (tertiary/aromatic N) is 2. The van der Waals surface area contributed by atoms with Gasteiger partial charge in [-0.3, -0.25) is 24.2 Å². The highest BCUT2D eigenvalue weighted by atomic mass is 16.5. The Hall–Kier alpha value is -2.31. The van der Waals surface area contributed by atoms with Crippen molar-refractivity contribution in [3.05, 3.63) is 22.7 Å². The summed E-state index contributed by atoms with van der Waals surface area (Å²) in [5.74, 6) is -6.85. The average molecular weight is 548 g/mol. The molecule has 1 aliphatic heterocycles. The zero-order valence-electron chi connectivity index (χ0n) is 23.1. The van der Waals surface area contributed by atoms with Gasteiger partial charge in [-0.1, -0.05) is 6.42 Å². The maximum Gasteiger partial charge on any atom is 0.259 e. The summed E-state index contributed by atoms with van der Waals surface area (Å²) in [6.45, 7) is 3.41. The van der Waals surface area contributed by atoms with Gasteiger partial charge in [0.1, 0.15) is 17.1 Å². The van der Waals surface area contributed by atoms with Crippen molar-refractivity contribution in [3.8, 4) is 0 Å². The van der Waals surface area contributed by atoms with Gasteiger partial charge in [0.25, 0.3) is 5.91 Å². The third kappa shape index (κ3) is 4.08. The van der Waals surface area contributed by atoms with Crippen LogP contribution < -0.4 is 5.32 Å². The SMILES string of the molecule is COC1CCCC2C1C(=O)C1=C(O)[C@@]3(O)C(O)=C(C(=O)NCN4CCCC4)C(=O)[C@H](N(C)C)C3CC1[C@@]2(C)O. The molecule has 5 rings (SSSR count). The van der Waals surface area contributed by atoms with E-state index < -0.39 is 81.6 Å². The molecule has 11 heteroatoms. The van der Waals surface area contributed by atoms with E-state index in [0.29, 0.717) is 12.8 Å². The van der Waals surface area contributed by atoms with Crippen LogP contribution in [0.2, 0.25) is 0 Å². The van der Waals surface area contributed by atoms with Crippen molar-refractivity contribution in [1.82, 2.24) is 15.1 Å². The molecule has 5 aliphatic rings. The first-order chi connectivity index (χ1) is 18.4. The number of Topliss-reactive ketones (excluding diaryl/α,β-unsaturated/α-hetero) is 2. The van der Waals surface area contributed by atoms with Crippen LogP contribution in [-0.2, 0) is 19.1 Å². The molecule has 39 heavy (non-hydrogen) atoms. The molecule has 3 fully saturated rings. The minimum absolute atomic E-state index is 0.0448. The molecule has 0 aromatic heterocycles. The van der Waals surface area contributed by atoms with Crippen LogP contribution in [0, 0.1) is 23.7 Å². The standard InChI is InChI=1S/C28H41N3O8/c1-27(37)14-8-7-9-17(39-4)18(14)22(32)19-15(27)12-16-21(30(2)3)23(33)20(25(35)28(16,38)24(19)34)26(36)29-13-31-10-5-6-11-31/h14-18,21,34-35,37-38H,5-13H2,1-4H3,(H,29,36)/t14?,15?,16?,17?,18?,21-,27+,28-/m1/s1. The highest BCUT2D eigenvalue weighted by molar-refractivity contribution is 6.22. The van der Waals surface area contributed by atoms with Crippen LogP contribution in [0.15, 0.2) is 22.7 Å². The quantitative estimate of drug-likeness (QED) is 0.305. The van der Waals surface area contributed by atoms with Crippen molar-refractivity contribution < 1.29 is 39.5 Å². The van der Waals surface area contributed by atoms with E-state index in [1.54, 1.807) is 25.9 Å². The predicted octanol–water partition coefficient (Wildman–Crippen LogP) is 0.425. The topological polar surface area (TPSA) is 160 Å². The van der Waals surface area contributed by atoms with E-state index in [9.17, 15) is 34.8 Å². The second-order valence-corrected chi connectivity index (χ2v) is 12.3. The van der Waals surface area contributed by atoms with E-state index in [0.717, 1.165) is 32.4 Å². The van der Waals surface area contributed by atoms with Crippen molar-refractivity contribution >= 4 is 17.5 Å². The summed E-state index contributed by atoms with van der Waals surface area (Å²) < 4.78 is 5.61. The Balaban J connectivity index is 1.63. The van der Waals surface area contributed by atoms with E-state index >= 15 is 0 Å². The fourth-order valence-electron chi connectivity index (χ4n) is 8.08. The number of likely N-dealkylation sites (N-methyl/N-ethyl adjacent to an activating group) is 1. The number of aliphatic hydroxyl groups excluding tert-OH is 2. The summed E-state index contributed by atoms with van der Waals surface area (Å²) in [5, 5.41) is 49.7. The van der Waals surface area contributed by atoms with Crippen molar-refractivity contribution in [2.45, 2.75) is 68.8 Å². The lowest BCUT2D eigenvalue weighted by Gasteiger charge is -2.57. The molecule has 11 nitrogen and oxygen atoms in total. The van der Waals surface area contributed by atoms with Crippen molar-refractivity contribution in [2.24, 2.45) is 23.7 Å². The molecule has 5 unspecified atom stereocenters. The Morgan fingerprint density at radius 3 is 2.33 bits per heavy atom. The largest absolute Gasteiger partial charge is 0.508 e. The molecule has 1 heterocycles. The summed E-state index contributed by atoms with van der Waals surface area (Å²) in [5.41, 5.74) is -4.77. The van der Waals surface area contributed by atoms with Gasteiger partial charge in [-0.05, 0) is 66.2 Å². The van der Waals surface area contributed by atoms with E-state index in [4.69, 9.17) is 4.74 Å². The van der Waals surface area contributed by atoms with Gasteiger partial charge in [0.2, 0.25) is 0 Å².